The van der Waals surface area contributed by atoms with Crippen molar-refractivity contribution in [2.45, 2.75) is 19.3 Å². The van der Waals surface area contributed by atoms with E-state index in [2.05, 4.69) is 0 Å². The summed E-state index contributed by atoms with van der Waals surface area (Å²) in [5, 5.41) is 0. The van der Waals surface area contributed by atoms with E-state index in [9.17, 15) is 4.79 Å². The fraction of sp³-hybridized carbons (Fsp3) is 0.188. The summed E-state index contributed by atoms with van der Waals surface area (Å²) in [6.45, 7) is 3.53. The molecule has 0 aliphatic rings. The number of hydrogen-bond acceptors (Lipinski definition) is 7. The maximum absolute atomic E-state index is 13.0. The van der Waals surface area contributed by atoms with Gasteiger partial charge >= 0.3 is 0 Å². The second-order valence-electron chi connectivity index (χ2n) is 6.05. The highest BCUT2D eigenvalue weighted by Crippen LogP contribution is 2.37. The van der Waals surface area contributed by atoms with Crippen molar-refractivity contribution in [1.29, 1.82) is 0 Å². The van der Waals surface area contributed by atoms with Crippen LogP contribution in [0.3, 0.4) is 0 Å². The Bertz CT molecular complexity index is 798. The molecule has 7 nitrogen and oxygen atoms in total. The Labute approximate surface area is 134 Å². The van der Waals surface area contributed by atoms with Crippen LogP contribution < -0.4 is 34.4 Å². The van der Waals surface area contributed by atoms with E-state index in [-0.39, 0.29) is 34.1 Å². The van der Waals surface area contributed by atoms with Gasteiger partial charge in [-0.15, -0.1) is 0 Å². The third-order valence-electron chi connectivity index (χ3n) is 4.10. The molecule has 0 bridgehead atoms. The highest BCUT2D eigenvalue weighted by atomic mass is 16.1. The minimum atomic E-state index is -0.898. The second-order valence-corrected chi connectivity index (χ2v) is 6.05. The van der Waals surface area contributed by atoms with Crippen molar-refractivity contribution in [3.63, 3.8) is 0 Å². The Hall–Kier alpha value is -3.09. The van der Waals surface area contributed by atoms with E-state index in [1.807, 2.05) is 0 Å². The van der Waals surface area contributed by atoms with Crippen molar-refractivity contribution in [2.24, 2.45) is 0 Å². The quantitative estimate of drug-likeness (QED) is 0.366. The van der Waals surface area contributed by atoms with Crippen LogP contribution in [-0.2, 0) is 5.41 Å². The highest BCUT2D eigenvalue weighted by Gasteiger charge is 2.33. The molecular formula is C16H22N6O. The zero-order valence-electron chi connectivity index (χ0n) is 13.2. The molecule has 0 spiro atoms. The Morgan fingerprint density at radius 2 is 1.39 bits per heavy atom. The Balaban J connectivity index is 2.56. The monoisotopic (exact) mass is 314 g/mol. The first-order valence-electron chi connectivity index (χ1n) is 7.00. The Morgan fingerprint density at radius 3 is 1.96 bits per heavy atom. The van der Waals surface area contributed by atoms with Gasteiger partial charge in [-0.05, 0) is 37.6 Å². The Morgan fingerprint density at radius 1 is 0.783 bits per heavy atom. The van der Waals surface area contributed by atoms with Gasteiger partial charge in [0.05, 0.1) is 39.5 Å². The van der Waals surface area contributed by atoms with Gasteiger partial charge in [0.15, 0.2) is 5.78 Å². The molecule has 2 aromatic rings. The third kappa shape index (κ3) is 2.57. The molecule has 7 heteroatoms. The lowest BCUT2D eigenvalue weighted by Gasteiger charge is -2.26. The van der Waals surface area contributed by atoms with Crippen LogP contribution in [0.5, 0.6) is 0 Å². The summed E-state index contributed by atoms with van der Waals surface area (Å²) < 4.78 is 0. The molecular weight excluding hydrogens is 292 g/mol. The number of anilines is 6. The predicted octanol–water partition coefficient (Wildman–Crippen LogP) is 1.34. The van der Waals surface area contributed by atoms with Crippen molar-refractivity contribution in [3.05, 3.63) is 35.4 Å². The van der Waals surface area contributed by atoms with E-state index in [1.165, 1.54) is 6.07 Å². The van der Waals surface area contributed by atoms with Crippen LogP contribution in [0.2, 0.25) is 0 Å². The van der Waals surface area contributed by atoms with E-state index in [0.717, 1.165) is 0 Å². The number of benzene rings is 2. The van der Waals surface area contributed by atoms with Crippen LogP contribution in [0.25, 0.3) is 0 Å². The molecule has 2 aromatic carbocycles. The highest BCUT2D eigenvalue weighted by molar-refractivity contribution is 6.11. The number of carbonyl (C=O) groups is 1. The summed E-state index contributed by atoms with van der Waals surface area (Å²) in [6, 6.07) is 6.54. The lowest BCUT2D eigenvalue weighted by Crippen LogP contribution is -2.30. The molecule has 0 saturated carbocycles. The van der Waals surface area contributed by atoms with E-state index >= 15 is 0 Å². The van der Waals surface area contributed by atoms with Crippen LogP contribution in [0.15, 0.2) is 24.3 Å². The van der Waals surface area contributed by atoms with Crippen molar-refractivity contribution in [3.8, 4) is 0 Å². The normalized spacial score (nSPS) is 11.4. The molecule has 122 valence electrons. The number of ketones is 1. The molecule has 0 aliphatic heterocycles. The predicted molar refractivity (Wildman–Crippen MR) is 96.7 cm³/mol. The van der Waals surface area contributed by atoms with Crippen LogP contribution in [0.4, 0.5) is 34.1 Å². The molecule has 0 heterocycles. The average molecular weight is 314 g/mol. The smallest absolute Gasteiger partial charge is 0.175 e. The first-order valence-corrected chi connectivity index (χ1v) is 7.00. The van der Waals surface area contributed by atoms with Gasteiger partial charge in [-0.25, -0.2) is 0 Å². The maximum atomic E-state index is 13.0. The summed E-state index contributed by atoms with van der Waals surface area (Å²) in [4.78, 5) is 13.0. The van der Waals surface area contributed by atoms with Gasteiger partial charge in [-0.2, -0.15) is 0 Å². The SMILES string of the molecule is CC(C)(C(=O)c1cc(N)c(N)c(N)c1N)c1ccc(N)c(N)c1. The third-order valence-corrected chi connectivity index (χ3v) is 4.10. The van der Waals surface area contributed by atoms with Crippen LogP contribution >= 0.6 is 0 Å². The molecule has 0 radical (unpaired) electrons. The van der Waals surface area contributed by atoms with Gasteiger partial charge in [0.1, 0.15) is 0 Å². The summed E-state index contributed by atoms with van der Waals surface area (Å²) in [5.74, 6) is -0.238. The molecule has 0 atom stereocenters. The van der Waals surface area contributed by atoms with Gasteiger partial charge < -0.3 is 34.4 Å². The number of nitrogen functional groups attached to an aromatic ring is 6. The molecule has 0 aliphatic carbocycles. The molecule has 23 heavy (non-hydrogen) atoms. The van der Waals surface area contributed by atoms with Crippen molar-refractivity contribution in [1.82, 2.24) is 0 Å². The largest absolute Gasteiger partial charge is 0.397 e. The van der Waals surface area contributed by atoms with Crippen molar-refractivity contribution in [2.75, 3.05) is 34.4 Å². The molecule has 0 saturated heterocycles. The summed E-state index contributed by atoms with van der Waals surface area (Å²) in [6.07, 6.45) is 0. The van der Waals surface area contributed by atoms with Gasteiger partial charge in [0.25, 0.3) is 0 Å². The van der Waals surface area contributed by atoms with Crippen LogP contribution in [-0.4, -0.2) is 5.78 Å². The van der Waals surface area contributed by atoms with E-state index < -0.39 is 5.41 Å². The number of carbonyl (C=O) groups excluding carboxylic acids is 1. The van der Waals surface area contributed by atoms with Crippen molar-refractivity contribution < 1.29 is 4.79 Å². The minimum absolute atomic E-state index is 0.112. The molecule has 0 fully saturated rings. The van der Waals surface area contributed by atoms with Crippen LogP contribution in [0, 0.1) is 0 Å². The van der Waals surface area contributed by atoms with Gasteiger partial charge in [-0.3, -0.25) is 4.79 Å². The first kappa shape index (κ1) is 16.3. The molecule has 0 amide bonds. The van der Waals surface area contributed by atoms with E-state index in [0.29, 0.717) is 16.9 Å². The number of Topliss-reactive ketones (excluding diaryl/α,β-unsaturated/α-hetero) is 1. The van der Waals surface area contributed by atoms with E-state index in [4.69, 9.17) is 34.4 Å². The van der Waals surface area contributed by atoms with Gasteiger partial charge in [-0.1, -0.05) is 6.07 Å². The maximum Gasteiger partial charge on any atom is 0.175 e. The fourth-order valence-electron chi connectivity index (χ4n) is 2.38. The summed E-state index contributed by atoms with van der Waals surface area (Å²) in [5.41, 5.74) is 36.4. The van der Waals surface area contributed by atoms with E-state index in [1.54, 1.807) is 32.0 Å². The summed E-state index contributed by atoms with van der Waals surface area (Å²) in [7, 11) is 0. The average Bonchev–Trinajstić information content (AvgIpc) is 2.50. The zero-order valence-corrected chi connectivity index (χ0v) is 13.2. The molecule has 2 rings (SSSR count). The number of hydrogen-bond donors (Lipinski definition) is 6. The zero-order chi connectivity index (χ0) is 17.5. The van der Waals surface area contributed by atoms with Crippen LogP contribution in [0.1, 0.15) is 29.8 Å². The molecule has 0 unspecified atom stereocenters. The second kappa shape index (κ2) is 5.28. The molecule has 0 aromatic heterocycles. The lowest BCUT2D eigenvalue weighted by molar-refractivity contribution is 0.0910. The topological polar surface area (TPSA) is 173 Å². The fourth-order valence-corrected chi connectivity index (χ4v) is 2.38. The summed E-state index contributed by atoms with van der Waals surface area (Å²) >= 11 is 0. The minimum Gasteiger partial charge on any atom is -0.397 e. The lowest BCUT2D eigenvalue weighted by atomic mass is 9.77. The van der Waals surface area contributed by atoms with Gasteiger partial charge in [0.2, 0.25) is 0 Å². The van der Waals surface area contributed by atoms with Crippen molar-refractivity contribution >= 4 is 39.9 Å². The Kier molecular flexibility index (Phi) is 3.73. The van der Waals surface area contributed by atoms with Gasteiger partial charge in [0, 0.05) is 5.56 Å². The standard InChI is InChI=1S/C16H22N6O/c1-16(2,7-3-4-9(17)10(18)5-7)15(23)8-6-11(19)13(21)14(22)12(8)20/h3-6H,17-22H2,1-2H3. The number of nitrogens with two attached hydrogens (primary N) is 6. The number of rotatable bonds is 3. The first-order chi connectivity index (χ1) is 10.6. The molecule has 12 N–H and O–H groups in total.